The maximum Gasteiger partial charge on any atom is 0.108 e. The van der Waals surface area contributed by atoms with Crippen molar-refractivity contribution in [3.63, 3.8) is 0 Å². The Balaban J connectivity index is 1.94. The molecule has 0 bridgehead atoms. The molecule has 2 aliphatic rings. The highest BCUT2D eigenvalue weighted by molar-refractivity contribution is 5.00. The molecule has 0 aromatic rings. The smallest absolute Gasteiger partial charge is 0.108 e. The average Bonchev–Trinajstić information content (AvgIpc) is 2.90. The molecule has 0 aliphatic carbocycles. The van der Waals surface area contributed by atoms with Crippen molar-refractivity contribution in [2.45, 2.75) is 51.9 Å². The molecule has 15 heavy (non-hydrogen) atoms. The Hall–Kier alpha value is -0.120. The highest BCUT2D eigenvalue weighted by Gasteiger charge is 2.42. The molecule has 2 heterocycles. The molecule has 2 fully saturated rings. The van der Waals surface area contributed by atoms with Crippen LogP contribution in [-0.4, -0.2) is 24.9 Å². The first-order valence-electron chi connectivity index (χ1n) is 6.23. The maximum atomic E-state index is 5.97. The zero-order valence-electron chi connectivity index (χ0n) is 10.1. The number of rotatable bonds is 1. The predicted molar refractivity (Wildman–Crippen MR) is 61.4 cm³/mol. The first kappa shape index (κ1) is 11.4. The third-order valence-electron chi connectivity index (χ3n) is 4.20. The van der Waals surface area contributed by atoms with Crippen molar-refractivity contribution in [2.75, 3.05) is 6.61 Å². The van der Waals surface area contributed by atoms with Crippen molar-refractivity contribution in [3.8, 4) is 0 Å². The molecule has 2 saturated heterocycles. The van der Waals surface area contributed by atoms with Gasteiger partial charge in [-0.1, -0.05) is 13.8 Å². The normalized spacial score (nSPS) is 52.0. The fraction of sp³-hybridized carbons (Fsp3) is 1.00. The lowest BCUT2D eigenvalue weighted by Crippen LogP contribution is -2.38. The van der Waals surface area contributed by atoms with Gasteiger partial charge in [0.2, 0.25) is 0 Å². The summed E-state index contributed by atoms with van der Waals surface area (Å²) in [4.78, 5) is 0. The summed E-state index contributed by atoms with van der Waals surface area (Å²) in [5.74, 6) is 1.90. The third-order valence-corrected chi connectivity index (χ3v) is 4.20. The van der Waals surface area contributed by atoms with E-state index >= 15 is 0 Å². The number of hydrogen-bond donors (Lipinski definition) is 2. The molecule has 0 amide bonds. The van der Waals surface area contributed by atoms with E-state index in [2.05, 4.69) is 26.1 Å². The first-order valence-corrected chi connectivity index (χ1v) is 6.23. The summed E-state index contributed by atoms with van der Waals surface area (Å²) in [5.41, 5.74) is 5.97. The van der Waals surface area contributed by atoms with Gasteiger partial charge in [-0.15, -0.1) is 0 Å². The van der Waals surface area contributed by atoms with E-state index in [9.17, 15) is 0 Å². The maximum absolute atomic E-state index is 5.97. The molecule has 6 atom stereocenters. The largest absolute Gasteiger partial charge is 0.363 e. The first-order chi connectivity index (χ1) is 7.09. The summed E-state index contributed by atoms with van der Waals surface area (Å²) in [6.45, 7) is 7.62. The molecule has 0 saturated carbocycles. The van der Waals surface area contributed by atoms with Gasteiger partial charge in [-0.2, -0.15) is 0 Å². The number of ether oxygens (including phenoxy) is 1. The van der Waals surface area contributed by atoms with Crippen LogP contribution in [-0.2, 0) is 4.74 Å². The predicted octanol–water partition coefficient (Wildman–Crippen LogP) is 1.33. The number of nitrogens with two attached hydrogens (primary N) is 1. The van der Waals surface area contributed by atoms with Crippen molar-refractivity contribution < 1.29 is 4.74 Å². The standard InChI is InChI=1S/C12H24N2O/c1-7-4-5-8(2)12(13)15-6-10(7)11-9(3)14-11/h7-12,14H,4-6,13H2,1-3H3/t7-,8?,9?,10?,11-,12?/m0/s1. The van der Waals surface area contributed by atoms with Crippen molar-refractivity contribution in [2.24, 2.45) is 23.5 Å². The van der Waals surface area contributed by atoms with Gasteiger partial charge >= 0.3 is 0 Å². The summed E-state index contributed by atoms with van der Waals surface area (Å²) >= 11 is 0. The van der Waals surface area contributed by atoms with Gasteiger partial charge in [0.15, 0.2) is 0 Å². The summed E-state index contributed by atoms with van der Waals surface area (Å²) in [5, 5.41) is 3.49. The van der Waals surface area contributed by atoms with Gasteiger partial charge in [-0.3, -0.25) is 0 Å². The van der Waals surface area contributed by atoms with E-state index < -0.39 is 0 Å². The van der Waals surface area contributed by atoms with E-state index in [1.165, 1.54) is 12.8 Å². The minimum Gasteiger partial charge on any atom is -0.363 e. The monoisotopic (exact) mass is 212 g/mol. The second kappa shape index (κ2) is 4.40. The third kappa shape index (κ3) is 2.52. The lowest BCUT2D eigenvalue weighted by atomic mass is 9.83. The van der Waals surface area contributed by atoms with Crippen LogP contribution in [0.4, 0.5) is 0 Å². The van der Waals surface area contributed by atoms with Gasteiger partial charge in [-0.25, -0.2) is 0 Å². The fourth-order valence-electron chi connectivity index (χ4n) is 2.65. The van der Waals surface area contributed by atoms with Crippen LogP contribution in [0.5, 0.6) is 0 Å². The summed E-state index contributed by atoms with van der Waals surface area (Å²) < 4.78 is 5.77. The van der Waals surface area contributed by atoms with E-state index in [0.717, 1.165) is 12.5 Å². The fourth-order valence-corrected chi connectivity index (χ4v) is 2.65. The molecule has 0 spiro atoms. The van der Waals surface area contributed by atoms with Crippen LogP contribution in [0.3, 0.4) is 0 Å². The van der Waals surface area contributed by atoms with Crippen LogP contribution >= 0.6 is 0 Å². The lowest BCUT2D eigenvalue weighted by molar-refractivity contribution is -0.0277. The quantitative estimate of drug-likeness (QED) is 0.645. The molecular formula is C12H24N2O. The summed E-state index contributed by atoms with van der Waals surface area (Å²) in [6.07, 6.45) is 2.42. The second-order valence-electron chi connectivity index (χ2n) is 5.47. The highest BCUT2D eigenvalue weighted by Crippen LogP contribution is 2.32. The van der Waals surface area contributed by atoms with Crippen molar-refractivity contribution in [1.29, 1.82) is 0 Å². The Morgan fingerprint density at radius 3 is 2.33 bits per heavy atom. The van der Waals surface area contributed by atoms with Crippen LogP contribution in [0.2, 0.25) is 0 Å². The van der Waals surface area contributed by atoms with Gasteiger partial charge in [-0.05, 0) is 31.6 Å². The summed E-state index contributed by atoms with van der Waals surface area (Å²) in [6, 6.07) is 1.34. The van der Waals surface area contributed by atoms with Crippen LogP contribution in [0.25, 0.3) is 0 Å². The topological polar surface area (TPSA) is 57.2 Å². The Bertz CT molecular complexity index is 222. The molecule has 88 valence electrons. The second-order valence-corrected chi connectivity index (χ2v) is 5.47. The van der Waals surface area contributed by atoms with Gasteiger partial charge in [0, 0.05) is 18.0 Å². The van der Waals surface area contributed by atoms with E-state index in [1.54, 1.807) is 0 Å². The van der Waals surface area contributed by atoms with Gasteiger partial charge in [0.1, 0.15) is 6.23 Å². The number of nitrogens with one attached hydrogen (secondary N) is 1. The van der Waals surface area contributed by atoms with Crippen LogP contribution in [0, 0.1) is 17.8 Å². The molecule has 2 aliphatic heterocycles. The van der Waals surface area contributed by atoms with Gasteiger partial charge in [0.05, 0.1) is 6.61 Å². The molecular weight excluding hydrogens is 188 g/mol. The summed E-state index contributed by atoms with van der Waals surface area (Å²) in [7, 11) is 0. The zero-order valence-corrected chi connectivity index (χ0v) is 10.1. The van der Waals surface area contributed by atoms with E-state index in [1.807, 2.05) is 0 Å². The minimum atomic E-state index is -0.0611. The van der Waals surface area contributed by atoms with Crippen molar-refractivity contribution in [1.82, 2.24) is 5.32 Å². The minimum absolute atomic E-state index is 0.0611. The van der Waals surface area contributed by atoms with Crippen molar-refractivity contribution >= 4 is 0 Å². The lowest BCUT2D eigenvalue weighted by Gasteiger charge is -2.31. The molecule has 0 aromatic heterocycles. The van der Waals surface area contributed by atoms with Crippen LogP contribution < -0.4 is 11.1 Å². The zero-order chi connectivity index (χ0) is 11.0. The van der Waals surface area contributed by atoms with Crippen LogP contribution in [0.1, 0.15) is 33.6 Å². The van der Waals surface area contributed by atoms with Crippen LogP contribution in [0.15, 0.2) is 0 Å². The van der Waals surface area contributed by atoms with Gasteiger partial charge in [0.25, 0.3) is 0 Å². The molecule has 3 nitrogen and oxygen atoms in total. The SMILES string of the molecule is CC1CC[C@H](C)C([C@H]2NC2C)COC1N. The Morgan fingerprint density at radius 1 is 1.13 bits per heavy atom. The highest BCUT2D eigenvalue weighted by atomic mass is 16.5. The molecule has 4 unspecified atom stereocenters. The number of hydrogen-bond acceptors (Lipinski definition) is 3. The average molecular weight is 212 g/mol. The molecule has 0 aromatic carbocycles. The van der Waals surface area contributed by atoms with E-state index in [-0.39, 0.29) is 6.23 Å². The Morgan fingerprint density at radius 2 is 1.73 bits per heavy atom. The van der Waals surface area contributed by atoms with E-state index in [0.29, 0.717) is 23.9 Å². The van der Waals surface area contributed by atoms with E-state index in [4.69, 9.17) is 10.5 Å². The van der Waals surface area contributed by atoms with Crippen molar-refractivity contribution in [3.05, 3.63) is 0 Å². The molecule has 0 radical (unpaired) electrons. The van der Waals surface area contributed by atoms with Gasteiger partial charge < -0.3 is 15.8 Å². The Labute approximate surface area is 92.7 Å². The Kier molecular flexibility index (Phi) is 3.33. The molecule has 3 N–H and O–H groups in total. The molecule has 3 heteroatoms. The molecule has 2 rings (SSSR count).